The highest BCUT2D eigenvalue weighted by atomic mass is 16.1. The van der Waals surface area contributed by atoms with E-state index in [0.717, 1.165) is 30.8 Å². The fourth-order valence-corrected chi connectivity index (χ4v) is 3.96. The lowest BCUT2D eigenvalue weighted by Crippen LogP contribution is -2.28. The van der Waals surface area contributed by atoms with Crippen molar-refractivity contribution >= 4 is 5.91 Å². The van der Waals surface area contributed by atoms with E-state index in [9.17, 15) is 4.79 Å². The summed E-state index contributed by atoms with van der Waals surface area (Å²) in [4.78, 5) is 12.6. The Kier molecular flexibility index (Phi) is 3.89. The molecule has 2 aliphatic rings. The molecule has 2 heterocycles. The van der Waals surface area contributed by atoms with E-state index in [2.05, 4.69) is 66.9 Å². The Morgan fingerprint density at radius 1 is 1.00 bits per heavy atom. The van der Waals surface area contributed by atoms with E-state index in [1.165, 1.54) is 16.7 Å². The second-order valence-electron chi connectivity index (χ2n) is 7.32. The van der Waals surface area contributed by atoms with E-state index in [4.69, 9.17) is 0 Å². The Bertz CT molecular complexity index is 781. The van der Waals surface area contributed by atoms with E-state index in [0.29, 0.717) is 17.8 Å². The summed E-state index contributed by atoms with van der Waals surface area (Å²) in [6.45, 7) is 7.13. The lowest BCUT2D eigenvalue weighted by molar-refractivity contribution is 0.0952. The first kappa shape index (κ1) is 15.4. The van der Waals surface area contributed by atoms with E-state index in [-0.39, 0.29) is 5.91 Å². The molecule has 1 saturated heterocycles. The predicted molar refractivity (Wildman–Crippen MR) is 97.4 cm³/mol. The van der Waals surface area contributed by atoms with Crippen LogP contribution in [0.15, 0.2) is 42.5 Å². The summed E-state index contributed by atoms with van der Waals surface area (Å²) < 4.78 is 0. The minimum Gasteiger partial charge on any atom is -0.352 e. The van der Waals surface area contributed by atoms with Crippen molar-refractivity contribution in [3.05, 3.63) is 59.2 Å². The topological polar surface area (TPSA) is 41.1 Å². The van der Waals surface area contributed by atoms with Gasteiger partial charge in [0.05, 0.1) is 0 Å². The zero-order valence-electron chi connectivity index (χ0n) is 14.3. The summed E-state index contributed by atoms with van der Waals surface area (Å²) in [5.74, 6) is 1.51. The zero-order chi connectivity index (χ0) is 16.7. The van der Waals surface area contributed by atoms with Gasteiger partial charge in [0, 0.05) is 31.1 Å². The molecule has 0 bridgehead atoms. The van der Waals surface area contributed by atoms with Crippen molar-refractivity contribution in [2.75, 3.05) is 19.6 Å². The Morgan fingerprint density at radius 3 is 2.67 bits per heavy atom. The predicted octanol–water partition coefficient (Wildman–Crippen LogP) is 3.52. The number of nitrogens with one attached hydrogen (secondary N) is 2. The van der Waals surface area contributed by atoms with Gasteiger partial charge in [0.1, 0.15) is 0 Å². The molecule has 2 aromatic rings. The smallest absolute Gasteiger partial charge is 0.251 e. The van der Waals surface area contributed by atoms with Gasteiger partial charge in [-0.1, -0.05) is 50.2 Å². The summed E-state index contributed by atoms with van der Waals surface area (Å²) in [6, 6.07) is 15.1. The molecule has 2 atom stereocenters. The lowest BCUT2D eigenvalue weighted by atomic mass is 9.86. The monoisotopic (exact) mass is 320 g/mol. The minimum atomic E-state index is 0.0706. The highest BCUT2D eigenvalue weighted by molar-refractivity contribution is 5.97. The van der Waals surface area contributed by atoms with Gasteiger partial charge >= 0.3 is 0 Å². The van der Waals surface area contributed by atoms with E-state index in [1.54, 1.807) is 0 Å². The van der Waals surface area contributed by atoms with Gasteiger partial charge in [0.25, 0.3) is 5.91 Å². The Hall–Kier alpha value is -2.13. The van der Waals surface area contributed by atoms with Crippen molar-refractivity contribution in [3.63, 3.8) is 0 Å². The first-order chi connectivity index (χ1) is 11.6. The van der Waals surface area contributed by atoms with Crippen LogP contribution in [0.2, 0.25) is 0 Å². The van der Waals surface area contributed by atoms with Crippen LogP contribution in [0, 0.1) is 5.92 Å². The van der Waals surface area contributed by atoms with Crippen LogP contribution in [-0.2, 0) is 0 Å². The summed E-state index contributed by atoms with van der Waals surface area (Å²) in [7, 11) is 0. The van der Waals surface area contributed by atoms with E-state index < -0.39 is 0 Å². The van der Waals surface area contributed by atoms with Crippen molar-refractivity contribution in [1.29, 1.82) is 0 Å². The Morgan fingerprint density at radius 2 is 1.83 bits per heavy atom. The molecule has 0 aromatic heterocycles. The number of hydrogen-bond donors (Lipinski definition) is 2. The molecular weight excluding hydrogens is 296 g/mol. The molecule has 0 unspecified atom stereocenters. The first-order valence-corrected chi connectivity index (χ1v) is 8.86. The van der Waals surface area contributed by atoms with Crippen LogP contribution in [0.25, 0.3) is 11.1 Å². The fraction of sp³-hybridized carbons (Fsp3) is 0.381. The normalized spacial score (nSPS) is 22.7. The molecule has 124 valence electrons. The molecule has 4 rings (SSSR count). The third-order valence-corrected chi connectivity index (χ3v) is 5.45. The number of benzene rings is 2. The standard InChI is InChI=1S/C21H24N2O/c1-13(2)14-4-3-5-15(8-14)16-6-7-18-19(9-16)21(24)23-11-17-10-22-12-20(17)18/h3-9,13,17,20,22H,10-12H2,1-2H3,(H,23,24)/t17-,20+/m1/s1. The van der Waals surface area contributed by atoms with Crippen LogP contribution in [0.5, 0.6) is 0 Å². The molecule has 2 N–H and O–H groups in total. The largest absolute Gasteiger partial charge is 0.352 e. The molecule has 1 amide bonds. The molecular formula is C21H24N2O. The quantitative estimate of drug-likeness (QED) is 0.889. The maximum absolute atomic E-state index is 12.6. The molecule has 0 spiro atoms. The minimum absolute atomic E-state index is 0.0706. The molecule has 0 saturated carbocycles. The lowest BCUT2D eigenvalue weighted by Gasteiger charge is -2.17. The van der Waals surface area contributed by atoms with Gasteiger partial charge in [-0.15, -0.1) is 0 Å². The van der Waals surface area contributed by atoms with Gasteiger partial charge in [-0.2, -0.15) is 0 Å². The Balaban J connectivity index is 1.78. The number of amides is 1. The fourth-order valence-electron chi connectivity index (χ4n) is 3.96. The third-order valence-electron chi connectivity index (χ3n) is 5.45. The van der Waals surface area contributed by atoms with Crippen LogP contribution in [0.3, 0.4) is 0 Å². The second kappa shape index (κ2) is 6.06. The SMILES string of the molecule is CC(C)c1cccc(-c2ccc3c(c2)C(=O)NC[C@H]2CNC[C@H]32)c1. The molecule has 2 aliphatic heterocycles. The molecule has 0 radical (unpaired) electrons. The molecule has 3 nitrogen and oxygen atoms in total. The summed E-state index contributed by atoms with van der Waals surface area (Å²) in [5, 5.41) is 6.56. The molecule has 3 heteroatoms. The van der Waals surface area contributed by atoms with Crippen LogP contribution in [0.4, 0.5) is 0 Å². The zero-order valence-corrected chi connectivity index (χ0v) is 14.3. The van der Waals surface area contributed by atoms with Crippen LogP contribution in [0.1, 0.15) is 47.2 Å². The van der Waals surface area contributed by atoms with Gasteiger partial charge in [-0.25, -0.2) is 0 Å². The highest BCUT2D eigenvalue weighted by Crippen LogP contribution is 2.35. The molecule has 0 aliphatic carbocycles. The van der Waals surface area contributed by atoms with Crippen LogP contribution < -0.4 is 10.6 Å². The van der Waals surface area contributed by atoms with Gasteiger partial charge < -0.3 is 10.6 Å². The average Bonchev–Trinajstić information content (AvgIpc) is 3.03. The number of rotatable bonds is 2. The number of fused-ring (bicyclic) bond motifs is 3. The van der Waals surface area contributed by atoms with Gasteiger partial charge in [-0.3, -0.25) is 4.79 Å². The summed E-state index contributed by atoms with van der Waals surface area (Å²) >= 11 is 0. The molecule has 24 heavy (non-hydrogen) atoms. The van der Waals surface area contributed by atoms with E-state index >= 15 is 0 Å². The number of carbonyl (C=O) groups is 1. The first-order valence-electron chi connectivity index (χ1n) is 8.86. The van der Waals surface area contributed by atoms with Gasteiger partial charge in [0.15, 0.2) is 0 Å². The average molecular weight is 320 g/mol. The number of carbonyl (C=O) groups excluding carboxylic acids is 1. The third kappa shape index (κ3) is 2.63. The maximum Gasteiger partial charge on any atom is 0.251 e. The maximum atomic E-state index is 12.6. The number of hydrogen-bond acceptors (Lipinski definition) is 2. The van der Waals surface area contributed by atoms with Gasteiger partial charge in [0.2, 0.25) is 0 Å². The van der Waals surface area contributed by atoms with Crippen LogP contribution >= 0.6 is 0 Å². The second-order valence-corrected chi connectivity index (χ2v) is 7.32. The van der Waals surface area contributed by atoms with Crippen molar-refractivity contribution in [2.45, 2.75) is 25.7 Å². The summed E-state index contributed by atoms with van der Waals surface area (Å²) in [6.07, 6.45) is 0. The van der Waals surface area contributed by atoms with Gasteiger partial charge in [-0.05, 0) is 40.2 Å². The van der Waals surface area contributed by atoms with E-state index in [1.807, 2.05) is 0 Å². The van der Waals surface area contributed by atoms with Crippen molar-refractivity contribution in [1.82, 2.24) is 10.6 Å². The Labute approximate surface area is 143 Å². The van der Waals surface area contributed by atoms with Crippen molar-refractivity contribution < 1.29 is 4.79 Å². The molecule has 1 fully saturated rings. The van der Waals surface area contributed by atoms with Crippen LogP contribution in [-0.4, -0.2) is 25.5 Å². The highest BCUT2D eigenvalue weighted by Gasteiger charge is 2.34. The van der Waals surface area contributed by atoms with Crippen molar-refractivity contribution in [2.24, 2.45) is 5.92 Å². The molecule has 2 aromatic carbocycles. The van der Waals surface area contributed by atoms with Crippen molar-refractivity contribution in [3.8, 4) is 11.1 Å². The summed E-state index contributed by atoms with van der Waals surface area (Å²) in [5.41, 5.74) is 5.67.